The zero-order valence-corrected chi connectivity index (χ0v) is 11.3. The largest absolute Gasteiger partial charge is 0.327 e. The highest BCUT2D eigenvalue weighted by molar-refractivity contribution is 5.28. The lowest BCUT2D eigenvalue weighted by Gasteiger charge is -2.33. The van der Waals surface area contributed by atoms with E-state index in [0.717, 1.165) is 5.92 Å². The molecule has 0 heterocycles. The normalized spacial score (nSPS) is 29.6. The molecular formula is C16H25N. The molecule has 2 rings (SSSR count). The third-order valence-electron chi connectivity index (χ3n) is 4.20. The van der Waals surface area contributed by atoms with Crippen LogP contribution in [0.4, 0.5) is 0 Å². The molecule has 17 heavy (non-hydrogen) atoms. The van der Waals surface area contributed by atoms with Crippen molar-refractivity contribution in [3.05, 3.63) is 35.4 Å². The molecule has 0 saturated heterocycles. The maximum atomic E-state index is 6.27. The molecule has 1 heteroatoms. The van der Waals surface area contributed by atoms with Gasteiger partial charge in [0, 0.05) is 6.04 Å². The Balaban J connectivity index is 2.15. The molecule has 1 saturated carbocycles. The molecule has 1 aliphatic carbocycles. The highest BCUT2D eigenvalue weighted by Crippen LogP contribution is 2.35. The van der Waals surface area contributed by atoms with Crippen LogP contribution in [0.25, 0.3) is 0 Å². The summed E-state index contributed by atoms with van der Waals surface area (Å²) in [6.45, 7) is 6.83. The Bertz CT molecular complexity index is 352. The van der Waals surface area contributed by atoms with Gasteiger partial charge in [0.05, 0.1) is 0 Å². The van der Waals surface area contributed by atoms with E-state index in [9.17, 15) is 0 Å². The first-order valence-corrected chi connectivity index (χ1v) is 6.93. The van der Waals surface area contributed by atoms with Gasteiger partial charge in [-0.15, -0.1) is 0 Å². The van der Waals surface area contributed by atoms with Crippen LogP contribution in [-0.2, 0) is 0 Å². The Morgan fingerprint density at radius 3 is 2.35 bits per heavy atom. The Morgan fingerprint density at radius 2 is 1.76 bits per heavy atom. The number of rotatable bonds is 2. The maximum absolute atomic E-state index is 6.27. The second-order valence-electron chi connectivity index (χ2n) is 6.01. The predicted octanol–water partition coefficient (Wildman–Crippen LogP) is 4.04. The van der Waals surface area contributed by atoms with Crippen LogP contribution < -0.4 is 5.73 Å². The molecule has 0 aromatic heterocycles. The Labute approximate surface area is 105 Å². The minimum absolute atomic E-state index is 0.358. The molecular weight excluding hydrogens is 206 g/mol. The van der Waals surface area contributed by atoms with E-state index in [4.69, 9.17) is 5.73 Å². The Kier molecular flexibility index (Phi) is 3.88. The summed E-state index contributed by atoms with van der Waals surface area (Å²) >= 11 is 0. The molecule has 0 aliphatic heterocycles. The van der Waals surface area contributed by atoms with Crippen molar-refractivity contribution in [3.8, 4) is 0 Å². The number of benzene rings is 1. The quantitative estimate of drug-likeness (QED) is 0.816. The van der Waals surface area contributed by atoms with E-state index in [2.05, 4.69) is 45.0 Å². The lowest BCUT2D eigenvalue weighted by molar-refractivity contribution is 0.306. The second-order valence-corrected chi connectivity index (χ2v) is 6.01. The van der Waals surface area contributed by atoms with Gasteiger partial charge in [-0.05, 0) is 48.1 Å². The number of hydrogen-bond acceptors (Lipinski definition) is 1. The van der Waals surface area contributed by atoms with Gasteiger partial charge >= 0.3 is 0 Å². The van der Waals surface area contributed by atoms with E-state index in [1.165, 1.54) is 30.4 Å². The molecule has 1 aliphatic rings. The first-order chi connectivity index (χ1) is 8.08. The average molecular weight is 231 g/mol. The summed E-state index contributed by atoms with van der Waals surface area (Å²) in [6.07, 6.45) is 3.72. The summed E-state index contributed by atoms with van der Waals surface area (Å²) in [5.74, 6) is 2.01. The SMILES string of the molecule is CC1CCC(N)C(c2ccc(C(C)C)cc2)C1. The van der Waals surface area contributed by atoms with E-state index in [1.807, 2.05) is 0 Å². The summed E-state index contributed by atoms with van der Waals surface area (Å²) in [4.78, 5) is 0. The predicted molar refractivity (Wildman–Crippen MR) is 74.3 cm³/mol. The molecule has 1 aromatic carbocycles. The average Bonchev–Trinajstić information content (AvgIpc) is 2.32. The summed E-state index contributed by atoms with van der Waals surface area (Å²) in [6, 6.07) is 9.48. The maximum Gasteiger partial charge on any atom is 0.0108 e. The van der Waals surface area contributed by atoms with Crippen molar-refractivity contribution in [3.63, 3.8) is 0 Å². The van der Waals surface area contributed by atoms with Crippen molar-refractivity contribution >= 4 is 0 Å². The van der Waals surface area contributed by atoms with Crippen molar-refractivity contribution in [2.45, 2.75) is 57.9 Å². The van der Waals surface area contributed by atoms with E-state index < -0.39 is 0 Å². The molecule has 0 bridgehead atoms. The van der Waals surface area contributed by atoms with E-state index in [1.54, 1.807) is 0 Å². The van der Waals surface area contributed by atoms with Crippen LogP contribution in [0, 0.1) is 5.92 Å². The lowest BCUT2D eigenvalue weighted by atomic mass is 9.75. The van der Waals surface area contributed by atoms with E-state index in [-0.39, 0.29) is 0 Å². The smallest absolute Gasteiger partial charge is 0.0108 e. The molecule has 1 fully saturated rings. The molecule has 2 N–H and O–H groups in total. The van der Waals surface area contributed by atoms with Gasteiger partial charge in [0.15, 0.2) is 0 Å². The monoisotopic (exact) mass is 231 g/mol. The van der Waals surface area contributed by atoms with Crippen molar-refractivity contribution in [1.82, 2.24) is 0 Å². The van der Waals surface area contributed by atoms with Gasteiger partial charge in [0.2, 0.25) is 0 Å². The van der Waals surface area contributed by atoms with Crippen molar-refractivity contribution in [2.75, 3.05) is 0 Å². The summed E-state index contributed by atoms with van der Waals surface area (Å²) < 4.78 is 0. The van der Waals surface area contributed by atoms with Crippen LogP contribution in [0.2, 0.25) is 0 Å². The van der Waals surface area contributed by atoms with Gasteiger partial charge in [-0.1, -0.05) is 45.0 Å². The zero-order valence-electron chi connectivity index (χ0n) is 11.3. The molecule has 0 spiro atoms. The first-order valence-electron chi connectivity index (χ1n) is 6.93. The van der Waals surface area contributed by atoms with Gasteiger partial charge < -0.3 is 5.73 Å². The zero-order chi connectivity index (χ0) is 12.4. The fourth-order valence-electron chi connectivity index (χ4n) is 2.92. The lowest BCUT2D eigenvalue weighted by Crippen LogP contribution is -2.33. The molecule has 3 atom stereocenters. The van der Waals surface area contributed by atoms with Crippen LogP contribution in [-0.4, -0.2) is 6.04 Å². The highest BCUT2D eigenvalue weighted by Gasteiger charge is 2.26. The van der Waals surface area contributed by atoms with Crippen LogP contribution >= 0.6 is 0 Å². The number of hydrogen-bond donors (Lipinski definition) is 1. The fourth-order valence-corrected chi connectivity index (χ4v) is 2.92. The molecule has 0 radical (unpaired) electrons. The molecule has 3 unspecified atom stereocenters. The summed E-state index contributed by atoms with van der Waals surface area (Å²) in [5.41, 5.74) is 9.13. The fraction of sp³-hybridized carbons (Fsp3) is 0.625. The Morgan fingerprint density at radius 1 is 1.12 bits per heavy atom. The van der Waals surface area contributed by atoms with Gasteiger partial charge in [-0.25, -0.2) is 0 Å². The molecule has 94 valence electrons. The summed E-state index contributed by atoms with van der Waals surface area (Å²) in [7, 11) is 0. The van der Waals surface area contributed by atoms with E-state index >= 15 is 0 Å². The van der Waals surface area contributed by atoms with E-state index in [0.29, 0.717) is 17.9 Å². The minimum atomic E-state index is 0.358. The second kappa shape index (κ2) is 5.22. The molecule has 0 amide bonds. The van der Waals surface area contributed by atoms with Gasteiger partial charge in [0.25, 0.3) is 0 Å². The van der Waals surface area contributed by atoms with Crippen molar-refractivity contribution < 1.29 is 0 Å². The minimum Gasteiger partial charge on any atom is -0.327 e. The summed E-state index contributed by atoms with van der Waals surface area (Å²) in [5, 5.41) is 0. The van der Waals surface area contributed by atoms with Crippen LogP contribution in [0.15, 0.2) is 24.3 Å². The Hall–Kier alpha value is -0.820. The van der Waals surface area contributed by atoms with Crippen molar-refractivity contribution in [2.24, 2.45) is 11.7 Å². The van der Waals surface area contributed by atoms with Crippen LogP contribution in [0.3, 0.4) is 0 Å². The van der Waals surface area contributed by atoms with Crippen molar-refractivity contribution in [1.29, 1.82) is 0 Å². The molecule has 1 aromatic rings. The van der Waals surface area contributed by atoms with Gasteiger partial charge in [0.1, 0.15) is 0 Å². The third kappa shape index (κ3) is 2.90. The van der Waals surface area contributed by atoms with Gasteiger partial charge in [-0.2, -0.15) is 0 Å². The third-order valence-corrected chi connectivity index (χ3v) is 4.20. The number of nitrogens with two attached hydrogens (primary N) is 1. The molecule has 1 nitrogen and oxygen atoms in total. The standard InChI is InChI=1S/C16H25N/c1-11(2)13-5-7-14(8-6-13)15-10-12(3)4-9-16(15)17/h5-8,11-12,15-16H,4,9-10,17H2,1-3H3. The van der Waals surface area contributed by atoms with Gasteiger partial charge in [-0.3, -0.25) is 0 Å². The topological polar surface area (TPSA) is 26.0 Å². The first kappa shape index (κ1) is 12.6. The van der Waals surface area contributed by atoms with Crippen LogP contribution in [0.5, 0.6) is 0 Å². The van der Waals surface area contributed by atoms with Crippen LogP contribution in [0.1, 0.15) is 63.0 Å². The highest BCUT2D eigenvalue weighted by atomic mass is 14.7.